The van der Waals surface area contributed by atoms with Gasteiger partial charge in [0.2, 0.25) is 0 Å². The number of unbranched alkanes of at least 4 members (excludes halogenated alkanes) is 1. The van der Waals surface area contributed by atoms with Crippen LogP contribution in [0, 0.1) is 0 Å². The molecule has 0 spiro atoms. The molecule has 0 aliphatic heterocycles. The Hall–Kier alpha value is -1.36. The van der Waals surface area contributed by atoms with Crippen molar-refractivity contribution in [2.24, 2.45) is 7.05 Å². The van der Waals surface area contributed by atoms with Crippen molar-refractivity contribution in [3.63, 3.8) is 0 Å². The van der Waals surface area contributed by atoms with Gasteiger partial charge in [-0.25, -0.2) is 4.98 Å². The van der Waals surface area contributed by atoms with E-state index in [1.165, 1.54) is 0 Å². The van der Waals surface area contributed by atoms with Crippen LogP contribution in [0.2, 0.25) is 0 Å². The molecule has 0 aliphatic carbocycles. The van der Waals surface area contributed by atoms with Crippen molar-refractivity contribution >= 4 is 5.97 Å². The summed E-state index contributed by atoms with van der Waals surface area (Å²) in [4.78, 5) is 15.4. The fraction of sp³-hybridized carbons (Fsp3) is 0.636. The van der Waals surface area contributed by atoms with E-state index in [0.29, 0.717) is 13.2 Å². The van der Waals surface area contributed by atoms with E-state index in [1.807, 2.05) is 17.8 Å². The minimum Gasteiger partial charge on any atom is -0.465 e. The lowest BCUT2D eigenvalue weighted by atomic mass is 10.4. The molecule has 0 bridgehead atoms. The molecule has 1 N–H and O–H groups in total. The number of carbonyl (C=O) groups excluding carboxylic acids is 1. The number of imidazole rings is 1. The predicted molar refractivity (Wildman–Crippen MR) is 60.8 cm³/mol. The molecule has 0 fully saturated rings. The summed E-state index contributed by atoms with van der Waals surface area (Å²) in [7, 11) is 1.92. The molecule has 5 nitrogen and oxygen atoms in total. The lowest BCUT2D eigenvalue weighted by Crippen LogP contribution is -2.25. The Bertz CT molecular complexity index is 323. The summed E-state index contributed by atoms with van der Waals surface area (Å²) >= 11 is 0. The smallest absolute Gasteiger partial charge is 0.319 e. The monoisotopic (exact) mass is 225 g/mol. The molecule has 0 atom stereocenters. The zero-order valence-corrected chi connectivity index (χ0v) is 9.90. The molecule has 90 valence electrons. The molecule has 0 saturated heterocycles. The fourth-order valence-corrected chi connectivity index (χ4v) is 1.22. The van der Waals surface area contributed by atoms with E-state index in [-0.39, 0.29) is 12.5 Å². The van der Waals surface area contributed by atoms with Crippen LogP contribution in [-0.2, 0) is 23.1 Å². The normalized spacial score (nSPS) is 10.4. The molecule has 1 aromatic rings. The van der Waals surface area contributed by atoms with Gasteiger partial charge in [-0.15, -0.1) is 0 Å². The van der Waals surface area contributed by atoms with Crippen molar-refractivity contribution in [1.82, 2.24) is 14.9 Å². The molecule has 1 aromatic heterocycles. The highest BCUT2D eigenvalue weighted by Crippen LogP contribution is 1.93. The lowest BCUT2D eigenvalue weighted by Gasteiger charge is -2.05. The largest absolute Gasteiger partial charge is 0.465 e. The molecule has 0 aromatic carbocycles. The van der Waals surface area contributed by atoms with Crippen molar-refractivity contribution < 1.29 is 9.53 Å². The van der Waals surface area contributed by atoms with Gasteiger partial charge in [0, 0.05) is 19.4 Å². The fourth-order valence-electron chi connectivity index (χ4n) is 1.22. The third-order valence-corrected chi connectivity index (χ3v) is 2.23. The molecular formula is C11H19N3O2. The summed E-state index contributed by atoms with van der Waals surface area (Å²) in [5.74, 6) is 0.698. The average molecular weight is 225 g/mol. The van der Waals surface area contributed by atoms with Gasteiger partial charge in [-0.3, -0.25) is 10.1 Å². The number of nitrogens with one attached hydrogen (secondary N) is 1. The number of hydrogen-bond acceptors (Lipinski definition) is 4. The Balaban J connectivity index is 2.11. The highest BCUT2D eigenvalue weighted by molar-refractivity contribution is 5.71. The van der Waals surface area contributed by atoms with E-state index in [9.17, 15) is 4.79 Å². The molecule has 0 amide bonds. The molecule has 0 aliphatic rings. The topological polar surface area (TPSA) is 56.1 Å². The van der Waals surface area contributed by atoms with Crippen LogP contribution in [0.4, 0.5) is 0 Å². The number of nitrogens with zero attached hydrogens (tertiary/aromatic N) is 2. The standard InChI is InChI=1S/C11H19N3O2/c1-3-4-7-16-11(15)9-12-8-10-13-5-6-14(10)2/h5-6,12H,3-4,7-9H2,1-2H3. The van der Waals surface area contributed by atoms with Crippen molar-refractivity contribution in [3.05, 3.63) is 18.2 Å². The molecule has 5 heteroatoms. The van der Waals surface area contributed by atoms with Crippen LogP contribution in [0.1, 0.15) is 25.6 Å². The Morgan fingerprint density at radius 3 is 3.06 bits per heavy atom. The van der Waals surface area contributed by atoms with Crippen LogP contribution in [0.3, 0.4) is 0 Å². The van der Waals surface area contributed by atoms with E-state index < -0.39 is 0 Å². The van der Waals surface area contributed by atoms with Gasteiger partial charge in [-0.2, -0.15) is 0 Å². The number of carbonyl (C=O) groups is 1. The van der Waals surface area contributed by atoms with E-state index in [2.05, 4.69) is 17.2 Å². The summed E-state index contributed by atoms with van der Waals surface area (Å²) in [5, 5.41) is 3.00. The van der Waals surface area contributed by atoms with Gasteiger partial charge in [-0.1, -0.05) is 13.3 Å². The second-order valence-corrected chi connectivity index (χ2v) is 3.63. The zero-order chi connectivity index (χ0) is 11.8. The van der Waals surface area contributed by atoms with Gasteiger partial charge in [0.25, 0.3) is 0 Å². The first-order chi connectivity index (χ1) is 7.74. The molecule has 16 heavy (non-hydrogen) atoms. The van der Waals surface area contributed by atoms with Gasteiger partial charge >= 0.3 is 5.97 Å². The van der Waals surface area contributed by atoms with E-state index >= 15 is 0 Å². The summed E-state index contributed by atoms with van der Waals surface area (Å²) in [6.07, 6.45) is 5.56. The number of rotatable bonds is 7. The summed E-state index contributed by atoms with van der Waals surface area (Å²) in [5.41, 5.74) is 0. The first-order valence-electron chi connectivity index (χ1n) is 5.56. The molecule has 1 heterocycles. The number of aromatic nitrogens is 2. The summed E-state index contributed by atoms with van der Waals surface area (Å²) < 4.78 is 6.92. The van der Waals surface area contributed by atoms with E-state index in [1.54, 1.807) is 6.20 Å². The second-order valence-electron chi connectivity index (χ2n) is 3.63. The van der Waals surface area contributed by atoms with Crippen molar-refractivity contribution in [2.75, 3.05) is 13.2 Å². The van der Waals surface area contributed by atoms with Crippen LogP contribution in [0.25, 0.3) is 0 Å². The maximum atomic E-state index is 11.2. The Morgan fingerprint density at radius 2 is 2.44 bits per heavy atom. The van der Waals surface area contributed by atoms with Crippen LogP contribution >= 0.6 is 0 Å². The molecular weight excluding hydrogens is 206 g/mol. The average Bonchev–Trinajstić information content (AvgIpc) is 2.65. The number of esters is 1. The zero-order valence-electron chi connectivity index (χ0n) is 9.90. The third kappa shape index (κ3) is 4.44. The number of hydrogen-bond donors (Lipinski definition) is 1. The van der Waals surface area contributed by atoms with Crippen molar-refractivity contribution in [2.45, 2.75) is 26.3 Å². The first kappa shape index (κ1) is 12.7. The molecule has 0 radical (unpaired) electrons. The Kier molecular flexibility index (Phi) is 5.56. The van der Waals surface area contributed by atoms with Gasteiger partial charge in [0.15, 0.2) is 0 Å². The first-order valence-corrected chi connectivity index (χ1v) is 5.56. The van der Waals surface area contributed by atoms with Crippen LogP contribution in [0.5, 0.6) is 0 Å². The predicted octanol–water partition coefficient (Wildman–Crippen LogP) is 0.853. The van der Waals surface area contributed by atoms with E-state index in [4.69, 9.17) is 4.74 Å². The minimum atomic E-state index is -0.206. The maximum absolute atomic E-state index is 11.2. The van der Waals surface area contributed by atoms with Gasteiger partial charge in [-0.05, 0) is 6.42 Å². The second kappa shape index (κ2) is 7.00. The van der Waals surface area contributed by atoms with Crippen molar-refractivity contribution in [3.8, 4) is 0 Å². The van der Waals surface area contributed by atoms with Crippen LogP contribution in [-0.4, -0.2) is 28.7 Å². The quantitative estimate of drug-likeness (QED) is 0.552. The molecule has 1 rings (SSSR count). The minimum absolute atomic E-state index is 0.206. The Labute approximate surface area is 95.8 Å². The maximum Gasteiger partial charge on any atom is 0.319 e. The highest BCUT2D eigenvalue weighted by Gasteiger charge is 2.03. The number of aryl methyl sites for hydroxylation is 1. The van der Waals surface area contributed by atoms with Crippen LogP contribution < -0.4 is 5.32 Å². The summed E-state index contributed by atoms with van der Waals surface area (Å²) in [6, 6.07) is 0. The highest BCUT2D eigenvalue weighted by atomic mass is 16.5. The van der Waals surface area contributed by atoms with E-state index in [0.717, 1.165) is 18.7 Å². The van der Waals surface area contributed by atoms with Crippen molar-refractivity contribution in [1.29, 1.82) is 0 Å². The lowest BCUT2D eigenvalue weighted by molar-refractivity contribution is -0.142. The summed E-state index contributed by atoms with van der Waals surface area (Å²) in [6.45, 7) is 3.38. The van der Waals surface area contributed by atoms with Gasteiger partial charge < -0.3 is 9.30 Å². The SMILES string of the molecule is CCCCOC(=O)CNCc1nccn1C. The number of ether oxygens (including phenoxy) is 1. The third-order valence-electron chi connectivity index (χ3n) is 2.23. The van der Waals surface area contributed by atoms with Crippen LogP contribution in [0.15, 0.2) is 12.4 Å². The Morgan fingerprint density at radius 1 is 1.62 bits per heavy atom. The van der Waals surface area contributed by atoms with Gasteiger partial charge in [0.1, 0.15) is 5.82 Å². The molecule has 0 saturated carbocycles. The van der Waals surface area contributed by atoms with Gasteiger partial charge in [0.05, 0.1) is 19.7 Å². The molecule has 0 unspecified atom stereocenters.